The number of aromatic nitrogens is 1. The minimum absolute atomic E-state index is 0.00358. The van der Waals surface area contributed by atoms with Crippen LogP contribution in [0.3, 0.4) is 0 Å². The Hall–Kier alpha value is -1.91. The van der Waals surface area contributed by atoms with Gasteiger partial charge >= 0.3 is 0 Å². The molecule has 1 amide bonds. The molecule has 0 aromatic carbocycles. The molecule has 112 valence electrons. The van der Waals surface area contributed by atoms with E-state index in [1.807, 2.05) is 19.1 Å². The van der Waals surface area contributed by atoms with Crippen LogP contribution in [0.5, 0.6) is 0 Å². The highest BCUT2D eigenvalue weighted by molar-refractivity contribution is 9.10. The fourth-order valence-corrected chi connectivity index (χ4v) is 1.61. The fourth-order valence-electron chi connectivity index (χ4n) is 1.37. The molecule has 0 spiro atoms. The van der Waals surface area contributed by atoms with E-state index in [1.165, 1.54) is 6.20 Å². The number of nitrogens with zero attached hydrogens (tertiary/aromatic N) is 2. The number of hydrogen-bond donors (Lipinski definition) is 2. The highest BCUT2D eigenvalue weighted by Crippen LogP contribution is 2.10. The summed E-state index contributed by atoms with van der Waals surface area (Å²) in [6, 6.07) is 5.39. The first-order chi connectivity index (χ1) is 10.2. The Bertz CT molecular complexity index is 523. The zero-order valence-corrected chi connectivity index (χ0v) is 13.3. The topological polar surface area (TPSA) is 87.0 Å². The second kappa shape index (κ2) is 9.91. The Morgan fingerprint density at radius 3 is 3.00 bits per heavy atom. The molecule has 0 radical (unpaired) electrons. The lowest BCUT2D eigenvalue weighted by molar-refractivity contribution is -0.117. The number of amides is 1. The molecular formula is C14H17BrN4O2. The van der Waals surface area contributed by atoms with Crippen molar-refractivity contribution in [3.05, 3.63) is 34.6 Å². The first kappa shape index (κ1) is 17.1. The van der Waals surface area contributed by atoms with Crippen LogP contribution in [0.1, 0.15) is 13.3 Å². The van der Waals surface area contributed by atoms with E-state index in [0.29, 0.717) is 32.0 Å². The average molecular weight is 353 g/mol. The van der Waals surface area contributed by atoms with Crippen molar-refractivity contribution < 1.29 is 9.53 Å². The van der Waals surface area contributed by atoms with E-state index >= 15 is 0 Å². The van der Waals surface area contributed by atoms with Crippen LogP contribution in [-0.2, 0) is 9.53 Å². The summed E-state index contributed by atoms with van der Waals surface area (Å²) in [6.45, 7) is 3.62. The Labute approximate surface area is 132 Å². The summed E-state index contributed by atoms with van der Waals surface area (Å²) in [5.41, 5.74) is -0.00358. The number of pyridine rings is 1. The van der Waals surface area contributed by atoms with Crippen molar-refractivity contribution >= 4 is 27.7 Å². The molecule has 2 N–H and O–H groups in total. The summed E-state index contributed by atoms with van der Waals surface area (Å²) in [5.74, 6) is 0.133. The third-order valence-electron chi connectivity index (χ3n) is 2.41. The van der Waals surface area contributed by atoms with Crippen LogP contribution >= 0.6 is 15.9 Å². The van der Waals surface area contributed by atoms with E-state index in [9.17, 15) is 4.79 Å². The smallest absolute Gasteiger partial charge is 0.263 e. The molecule has 0 aliphatic heterocycles. The van der Waals surface area contributed by atoms with Gasteiger partial charge in [0.15, 0.2) is 0 Å². The minimum Gasteiger partial charge on any atom is -0.382 e. The van der Waals surface area contributed by atoms with E-state index in [2.05, 4.69) is 31.5 Å². The molecule has 21 heavy (non-hydrogen) atoms. The van der Waals surface area contributed by atoms with E-state index in [-0.39, 0.29) is 5.57 Å². The second-order valence-corrected chi connectivity index (χ2v) is 4.90. The number of anilines is 1. The van der Waals surface area contributed by atoms with E-state index in [4.69, 9.17) is 10.00 Å². The van der Waals surface area contributed by atoms with Crippen LogP contribution in [0.25, 0.3) is 0 Å². The zero-order valence-electron chi connectivity index (χ0n) is 11.7. The van der Waals surface area contributed by atoms with Gasteiger partial charge in [-0.2, -0.15) is 5.26 Å². The van der Waals surface area contributed by atoms with Crippen LogP contribution in [0.15, 0.2) is 34.6 Å². The highest BCUT2D eigenvalue weighted by atomic mass is 79.9. The van der Waals surface area contributed by atoms with Crippen LogP contribution in [-0.4, -0.2) is 30.6 Å². The summed E-state index contributed by atoms with van der Waals surface area (Å²) in [6.07, 6.45) is 3.67. The van der Waals surface area contributed by atoms with Gasteiger partial charge in [-0.1, -0.05) is 0 Å². The van der Waals surface area contributed by atoms with Crippen LogP contribution in [0, 0.1) is 11.3 Å². The SMILES string of the molecule is CCOCCCNC(=O)/C(C#N)=C\Nc1ccc(Br)cn1. The van der Waals surface area contributed by atoms with Crippen molar-refractivity contribution in [1.82, 2.24) is 10.3 Å². The molecule has 1 aromatic rings. The molecule has 0 bridgehead atoms. The number of carbonyl (C=O) groups excluding carboxylic acids is 1. The third-order valence-corrected chi connectivity index (χ3v) is 2.88. The maximum absolute atomic E-state index is 11.8. The van der Waals surface area contributed by atoms with Crippen LogP contribution < -0.4 is 10.6 Å². The summed E-state index contributed by atoms with van der Waals surface area (Å²) >= 11 is 3.28. The van der Waals surface area contributed by atoms with Crippen LogP contribution in [0.2, 0.25) is 0 Å². The van der Waals surface area contributed by atoms with Gasteiger partial charge in [-0.15, -0.1) is 0 Å². The van der Waals surface area contributed by atoms with Crippen molar-refractivity contribution in [2.75, 3.05) is 25.1 Å². The lowest BCUT2D eigenvalue weighted by Crippen LogP contribution is -2.26. The Balaban J connectivity index is 2.45. The molecular weight excluding hydrogens is 336 g/mol. The summed E-state index contributed by atoms with van der Waals surface area (Å²) in [7, 11) is 0. The number of carbonyl (C=O) groups is 1. The number of halogens is 1. The molecule has 0 unspecified atom stereocenters. The van der Waals surface area contributed by atoms with Gasteiger partial charge in [-0.3, -0.25) is 4.79 Å². The molecule has 6 nitrogen and oxygen atoms in total. The van der Waals surface area contributed by atoms with Crippen molar-refractivity contribution in [2.24, 2.45) is 0 Å². The number of rotatable bonds is 8. The lowest BCUT2D eigenvalue weighted by Gasteiger charge is -2.05. The largest absolute Gasteiger partial charge is 0.382 e. The molecule has 0 saturated heterocycles. The van der Waals surface area contributed by atoms with Crippen LogP contribution in [0.4, 0.5) is 5.82 Å². The van der Waals surface area contributed by atoms with Crippen molar-refractivity contribution in [3.8, 4) is 6.07 Å². The minimum atomic E-state index is -0.418. The molecule has 7 heteroatoms. The fraction of sp³-hybridized carbons (Fsp3) is 0.357. The summed E-state index contributed by atoms with van der Waals surface area (Å²) < 4.78 is 6.01. The molecule has 1 aromatic heterocycles. The monoisotopic (exact) mass is 352 g/mol. The number of nitrogens with one attached hydrogen (secondary N) is 2. The summed E-state index contributed by atoms with van der Waals surface area (Å²) in [5, 5.41) is 14.5. The molecule has 0 saturated carbocycles. The first-order valence-electron chi connectivity index (χ1n) is 6.51. The van der Waals surface area contributed by atoms with Gasteiger partial charge in [-0.05, 0) is 41.4 Å². The summed E-state index contributed by atoms with van der Waals surface area (Å²) in [4.78, 5) is 15.9. The molecule has 0 aliphatic carbocycles. The van der Waals surface area contributed by atoms with Crippen molar-refractivity contribution in [1.29, 1.82) is 5.26 Å². The maximum atomic E-state index is 11.8. The Morgan fingerprint density at radius 1 is 1.57 bits per heavy atom. The van der Waals surface area contributed by atoms with E-state index in [1.54, 1.807) is 12.3 Å². The Kier molecular flexibility index (Phi) is 8.09. The first-order valence-corrected chi connectivity index (χ1v) is 7.31. The number of nitriles is 1. The normalized spacial score (nSPS) is 10.8. The highest BCUT2D eigenvalue weighted by Gasteiger charge is 2.07. The van der Waals surface area contributed by atoms with Gasteiger partial charge in [0.1, 0.15) is 17.5 Å². The van der Waals surface area contributed by atoms with Gasteiger partial charge < -0.3 is 15.4 Å². The zero-order chi connectivity index (χ0) is 15.5. The lowest BCUT2D eigenvalue weighted by atomic mass is 10.3. The van der Waals surface area contributed by atoms with Gasteiger partial charge in [-0.25, -0.2) is 4.98 Å². The van der Waals surface area contributed by atoms with Gasteiger partial charge in [0.25, 0.3) is 5.91 Å². The molecule has 0 atom stereocenters. The van der Waals surface area contributed by atoms with E-state index in [0.717, 1.165) is 4.47 Å². The molecule has 1 heterocycles. The number of ether oxygens (including phenoxy) is 1. The van der Waals surface area contributed by atoms with Gasteiger partial charge in [0.2, 0.25) is 0 Å². The number of hydrogen-bond acceptors (Lipinski definition) is 5. The molecule has 0 aliphatic rings. The molecule has 0 fully saturated rings. The maximum Gasteiger partial charge on any atom is 0.263 e. The standard InChI is InChI=1S/C14H17BrN4O2/c1-2-21-7-3-6-17-14(20)11(8-16)9-18-13-5-4-12(15)10-19-13/h4-5,9-10H,2-3,6-7H2,1H3,(H,17,20)(H,18,19)/b11-9-. The second-order valence-electron chi connectivity index (χ2n) is 3.98. The van der Waals surface area contributed by atoms with E-state index < -0.39 is 5.91 Å². The Morgan fingerprint density at radius 2 is 2.38 bits per heavy atom. The molecule has 1 rings (SSSR count). The predicted octanol–water partition coefficient (Wildman–Crippen LogP) is 2.21. The van der Waals surface area contributed by atoms with Crippen molar-refractivity contribution in [2.45, 2.75) is 13.3 Å². The van der Waals surface area contributed by atoms with Gasteiger partial charge in [0.05, 0.1) is 0 Å². The quantitative estimate of drug-likeness (QED) is 0.425. The third kappa shape index (κ3) is 6.88. The average Bonchev–Trinajstić information content (AvgIpc) is 2.49. The van der Waals surface area contributed by atoms with Gasteiger partial charge in [0, 0.05) is 36.6 Å². The predicted molar refractivity (Wildman–Crippen MR) is 83.4 cm³/mol. The van der Waals surface area contributed by atoms with Crippen molar-refractivity contribution in [3.63, 3.8) is 0 Å².